The van der Waals surface area contributed by atoms with Crippen LogP contribution in [0.4, 0.5) is 4.79 Å². The van der Waals surface area contributed by atoms with E-state index in [1.165, 1.54) is 27.8 Å². The highest BCUT2D eigenvalue weighted by Crippen LogP contribution is 2.50. The van der Waals surface area contributed by atoms with Gasteiger partial charge < -0.3 is 19.1 Å². The highest BCUT2D eigenvalue weighted by molar-refractivity contribution is 5.68. The molecule has 254 valence electrons. The monoisotopic (exact) mass is 646 g/mol. The number of piperidine rings is 1. The summed E-state index contributed by atoms with van der Waals surface area (Å²) in [5.41, 5.74) is 6.54. The van der Waals surface area contributed by atoms with Crippen molar-refractivity contribution in [2.45, 2.75) is 69.8 Å². The Morgan fingerprint density at radius 2 is 1.62 bits per heavy atom. The number of hydrogen-bond acceptors (Lipinski definition) is 8. The van der Waals surface area contributed by atoms with E-state index in [0.717, 1.165) is 51.6 Å². The van der Waals surface area contributed by atoms with Crippen LogP contribution in [0.1, 0.15) is 67.6 Å². The van der Waals surface area contributed by atoms with Crippen LogP contribution >= 0.6 is 0 Å². The van der Waals surface area contributed by atoms with Crippen molar-refractivity contribution < 1.29 is 34.3 Å². The largest absolute Gasteiger partial charge is 0.449 e. The zero-order valence-corrected chi connectivity index (χ0v) is 27.6. The molecular formula is C38H50N2O7. The average molecular weight is 647 g/mol. The molecular weight excluding hydrogens is 596 g/mol. The molecule has 2 N–H and O–H groups in total. The van der Waals surface area contributed by atoms with E-state index in [1.54, 1.807) is 12.0 Å². The minimum absolute atomic E-state index is 0.128. The fourth-order valence-electron chi connectivity index (χ4n) is 6.61. The summed E-state index contributed by atoms with van der Waals surface area (Å²) < 4.78 is 17.8. The van der Waals surface area contributed by atoms with E-state index < -0.39 is 0 Å². The van der Waals surface area contributed by atoms with Crippen LogP contribution in [0.2, 0.25) is 0 Å². The van der Waals surface area contributed by atoms with Crippen LogP contribution in [0.15, 0.2) is 78.9 Å². The summed E-state index contributed by atoms with van der Waals surface area (Å²) in [4.78, 5) is 19.5. The van der Waals surface area contributed by atoms with Crippen molar-refractivity contribution in [2.75, 3.05) is 46.6 Å². The highest BCUT2D eigenvalue weighted by atomic mass is 17.1. The standard InChI is InChI=1S/C38H50N2O7/c1-44-23-11-18-31-14-6-7-15-34(31)27-38(20-21-38)29-46-36-28-39(37(41)45-24-8-3-9-25-47-40(42)43)22-19-35(36)33-17-10-16-32(26-33)30-12-4-2-5-13-30/h2,4-7,10,12-17,26,35-36,42-43H,3,8-9,11,18-25,27-29H2,1H3/t35-,36?/m1/s1. The van der Waals surface area contributed by atoms with E-state index in [9.17, 15) is 4.79 Å². The molecule has 3 aromatic carbocycles. The smallest absolute Gasteiger partial charge is 0.409 e. The van der Waals surface area contributed by atoms with Gasteiger partial charge in [0.15, 0.2) is 0 Å². The Hall–Kier alpha value is -3.31. The zero-order valence-electron chi connectivity index (χ0n) is 27.6. The van der Waals surface area contributed by atoms with E-state index in [4.69, 9.17) is 24.6 Å². The summed E-state index contributed by atoms with van der Waals surface area (Å²) in [7, 11) is 1.75. The van der Waals surface area contributed by atoms with Crippen LogP contribution in [-0.2, 0) is 31.9 Å². The Kier molecular flexibility index (Phi) is 13.2. The number of likely N-dealkylation sites (tertiary alicyclic amines) is 1. The summed E-state index contributed by atoms with van der Waals surface area (Å²) in [5, 5.41) is 17.0. The van der Waals surface area contributed by atoms with Crippen molar-refractivity contribution in [3.63, 3.8) is 0 Å². The molecule has 0 aromatic heterocycles. The Balaban J connectivity index is 1.24. The first-order valence-electron chi connectivity index (χ1n) is 17.0. The molecule has 1 amide bonds. The molecule has 47 heavy (non-hydrogen) atoms. The SMILES string of the molecule is COCCCc1ccccc1CC1(COC2CN(C(=O)OCCCCCON(O)O)CC[C@@H]2c2cccc(-c3ccccc3)c2)CC1. The molecule has 2 atom stereocenters. The predicted octanol–water partition coefficient (Wildman–Crippen LogP) is 7.45. The van der Waals surface area contributed by atoms with E-state index in [0.29, 0.717) is 39.1 Å². The number of rotatable bonds is 18. The van der Waals surface area contributed by atoms with Crippen molar-refractivity contribution in [2.24, 2.45) is 5.41 Å². The van der Waals surface area contributed by atoms with Gasteiger partial charge in [0.25, 0.3) is 0 Å². The van der Waals surface area contributed by atoms with Crippen molar-refractivity contribution in [3.05, 3.63) is 95.6 Å². The third-order valence-corrected chi connectivity index (χ3v) is 9.50. The fraction of sp³-hybridized carbons (Fsp3) is 0.500. The predicted molar refractivity (Wildman–Crippen MR) is 179 cm³/mol. The maximum absolute atomic E-state index is 13.1. The van der Waals surface area contributed by atoms with Crippen LogP contribution in [0, 0.1) is 5.41 Å². The van der Waals surface area contributed by atoms with Crippen molar-refractivity contribution >= 4 is 6.09 Å². The molecule has 0 radical (unpaired) electrons. The second-order valence-corrected chi connectivity index (χ2v) is 13.0. The van der Waals surface area contributed by atoms with Crippen LogP contribution < -0.4 is 0 Å². The van der Waals surface area contributed by atoms with Crippen LogP contribution in [0.3, 0.4) is 0 Å². The summed E-state index contributed by atoms with van der Waals surface area (Å²) in [5.74, 6) is 0.164. The van der Waals surface area contributed by atoms with Gasteiger partial charge in [-0.3, -0.25) is 15.3 Å². The van der Waals surface area contributed by atoms with Crippen LogP contribution in [-0.4, -0.2) is 79.5 Å². The molecule has 1 saturated carbocycles. The molecule has 3 aromatic rings. The van der Waals surface area contributed by atoms with E-state index >= 15 is 0 Å². The Morgan fingerprint density at radius 1 is 0.872 bits per heavy atom. The van der Waals surface area contributed by atoms with Crippen molar-refractivity contribution in [1.82, 2.24) is 10.3 Å². The van der Waals surface area contributed by atoms with Gasteiger partial charge in [-0.15, -0.1) is 0 Å². The minimum Gasteiger partial charge on any atom is -0.449 e. The normalized spacial score (nSPS) is 18.8. The van der Waals surface area contributed by atoms with Gasteiger partial charge in [0, 0.05) is 26.2 Å². The van der Waals surface area contributed by atoms with E-state index in [1.807, 2.05) is 6.07 Å². The number of hydrogen-bond donors (Lipinski definition) is 2. The third-order valence-electron chi connectivity index (χ3n) is 9.50. The van der Waals surface area contributed by atoms with Crippen molar-refractivity contribution in [3.8, 4) is 11.1 Å². The number of aryl methyl sites for hydroxylation is 1. The number of carbonyl (C=O) groups is 1. The highest BCUT2D eigenvalue weighted by Gasteiger charge is 2.45. The molecule has 1 aliphatic carbocycles. The number of amides is 1. The topological polar surface area (TPSA) is 101 Å². The van der Waals surface area contributed by atoms with Gasteiger partial charge >= 0.3 is 6.09 Å². The molecule has 2 aliphatic rings. The van der Waals surface area contributed by atoms with Gasteiger partial charge in [-0.25, -0.2) is 4.79 Å². The minimum atomic E-state index is -0.311. The summed E-state index contributed by atoms with van der Waals surface area (Å²) in [6, 6.07) is 28.0. The van der Waals surface area contributed by atoms with Crippen LogP contribution in [0.25, 0.3) is 11.1 Å². The summed E-state index contributed by atoms with van der Waals surface area (Å²) in [6.45, 7) is 3.01. The van der Waals surface area contributed by atoms with Gasteiger partial charge in [-0.1, -0.05) is 78.9 Å². The Morgan fingerprint density at radius 3 is 2.38 bits per heavy atom. The molecule has 0 spiro atoms. The molecule has 0 bridgehead atoms. The maximum atomic E-state index is 13.1. The first kappa shape index (κ1) is 35.0. The number of benzene rings is 3. The second kappa shape index (κ2) is 17.7. The lowest BCUT2D eigenvalue weighted by Crippen LogP contribution is -2.47. The quantitative estimate of drug-likeness (QED) is 0.109. The average Bonchev–Trinajstić information content (AvgIpc) is 3.87. The van der Waals surface area contributed by atoms with Gasteiger partial charge in [0.05, 0.1) is 37.9 Å². The van der Waals surface area contributed by atoms with Crippen molar-refractivity contribution in [1.29, 1.82) is 0 Å². The summed E-state index contributed by atoms with van der Waals surface area (Å²) in [6.07, 6.45) is 7.69. The molecule has 1 heterocycles. The van der Waals surface area contributed by atoms with E-state index in [-0.39, 0.29) is 35.5 Å². The van der Waals surface area contributed by atoms with Crippen LogP contribution in [0.5, 0.6) is 0 Å². The number of methoxy groups -OCH3 is 1. The molecule has 1 unspecified atom stereocenters. The second-order valence-electron chi connectivity index (χ2n) is 13.0. The van der Waals surface area contributed by atoms with E-state index in [2.05, 4.69) is 77.6 Å². The number of ether oxygens (including phenoxy) is 3. The van der Waals surface area contributed by atoms with Gasteiger partial charge in [0.2, 0.25) is 0 Å². The molecule has 1 aliphatic heterocycles. The summed E-state index contributed by atoms with van der Waals surface area (Å²) >= 11 is 0. The number of nitrogens with zero attached hydrogens (tertiary/aromatic N) is 2. The molecule has 9 heteroatoms. The van der Waals surface area contributed by atoms with Gasteiger partial charge in [0.1, 0.15) is 0 Å². The van der Waals surface area contributed by atoms with Gasteiger partial charge in [-0.2, -0.15) is 0 Å². The lowest BCUT2D eigenvalue weighted by molar-refractivity contribution is -0.492. The Labute approximate surface area is 278 Å². The maximum Gasteiger partial charge on any atom is 0.409 e. The molecule has 5 rings (SSSR count). The first-order valence-corrected chi connectivity index (χ1v) is 17.0. The molecule has 1 saturated heterocycles. The molecule has 2 fully saturated rings. The first-order chi connectivity index (χ1) is 23.0. The lowest BCUT2D eigenvalue weighted by atomic mass is 9.85. The third kappa shape index (κ3) is 10.6. The zero-order chi connectivity index (χ0) is 32.9. The molecule has 9 nitrogen and oxygen atoms in total. The van der Waals surface area contributed by atoms with Gasteiger partial charge in [-0.05, 0) is 91.0 Å². The number of carbonyl (C=O) groups excluding carboxylic acids is 1. The lowest BCUT2D eigenvalue weighted by Gasteiger charge is -2.39. The Bertz CT molecular complexity index is 1380. The number of unbranched alkanes of at least 4 members (excludes halogenated alkanes) is 2. The fourth-order valence-corrected chi connectivity index (χ4v) is 6.61.